The van der Waals surface area contributed by atoms with Crippen molar-refractivity contribution in [1.82, 2.24) is 4.31 Å². The van der Waals surface area contributed by atoms with Gasteiger partial charge in [-0.15, -0.1) is 0 Å². The van der Waals surface area contributed by atoms with Crippen molar-refractivity contribution in [2.75, 3.05) is 52.0 Å². The van der Waals surface area contributed by atoms with Gasteiger partial charge in [-0.3, -0.25) is 4.79 Å². The highest BCUT2D eigenvalue weighted by molar-refractivity contribution is 7.89. The normalized spacial score (nSPS) is 20.7. The molecule has 1 N–H and O–H groups in total. The van der Waals surface area contributed by atoms with Crippen molar-refractivity contribution < 1.29 is 37.3 Å². The number of carbonyl (C=O) groups is 1. The second-order valence-electron chi connectivity index (χ2n) is 12.5. The molecule has 1 saturated heterocycles. The molecule has 1 unspecified atom stereocenters. The number of benzene rings is 3. The minimum absolute atomic E-state index is 0.0844. The van der Waals surface area contributed by atoms with Gasteiger partial charge in [-0.1, -0.05) is 42.8 Å². The first-order chi connectivity index (χ1) is 22.6. The molecule has 0 radical (unpaired) electrons. The van der Waals surface area contributed by atoms with Gasteiger partial charge in [0.25, 0.3) is 0 Å². The van der Waals surface area contributed by atoms with Crippen molar-refractivity contribution in [1.29, 1.82) is 0 Å². The van der Waals surface area contributed by atoms with Gasteiger partial charge >= 0.3 is 5.97 Å². The smallest absolute Gasteiger partial charge is 0.306 e. The van der Waals surface area contributed by atoms with E-state index < -0.39 is 34.1 Å². The molecule has 0 spiro atoms. The first-order valence-corrected chi connectivity index (χ1v) is 17.6. The van der Waals surface area contributed by atoms with Crippen molar-refractivity contribution in [2.45, 2.75) is 62.7 Å². The summed E-state index contributed by atoms with van der Waals surface area (Å²) in [5.41, 5.74) is 3.90. The number of nitrogens with zero attached hydrogens (tertiary/aromatic N) is 2. The summed E-state index contributed by atoms with van der Waals surface area (Å²) in [6.45, 7) is 6.81. The minimum atomic E-state index is -3.95. The lowest BCUT2D eigenvalue weighted by Crippen LogP contribution is -2.53. The van der Waals surface area contributed by atoms with Crippen LogP contribution in [0.25, 0.3) is 0 Å². The number of rotatable bonds is 14. The Morgan fingerprint density at radius 1 is 1.06 bits per heavy atom. The number of ether oxygens (including phenoxy) is 4. The zero-order valence-corrected chi connectivity index (χ0v) is 28.4. The standard InChI is InChI=1S/C36H46N2O8S/c1-25-6-13-31(14-7-25)47(41,42)38-23-35(32(22-29(38)20-26(2)36(39)40)28-9-11-30(44-4)12-10-28)46-24-27-8-15-34-33(21-27)37(17-19-45-34)16-5-18-43-3/h6-15,21,26,29,32,35H,5,16-20,22-24H2,1-4H3,(H,39,40)/t26?,29-,32+,35-/m0/s1. The molecule has 0 aromatic heterocycles. The fraction of sp³-hybridized carbons (Fsp3) is 0.472. The van der Waals surface area contributed by atoms with E-state index in [0.29, 0.717) is 25.4 Å². The predicted octanol–water partition coefficient (Wildman–Crippen LogP) is 5.48. The fourth-order valence-corrected chi connectivity index (χ4v) is 8.15. The minimum Gasteiger partial charge on any atom is -0.497 e. The molecule has 2 aliphatic heterocycles. The highest BCUT2D eigenvalue weighted by Gasteiger charge is 2.44. The molecule has 2 aliphatic rings. The monoisotopic (exact) mass is 666 g/mol. The number of carboxylic acids is 1. The van der Waals surface area contributed by atoms with Gasteiger partial charge in [0.1, 0.15) is 18.1 Å². The number of aliphatic carboxylic acids is 1. The summed E-state index contributed by atoms with van der Waals surface area (Å²) in [4.78, 5) is 14.4. The maximum Gasteiger partial charge on any atom is 0.306 e. The number of aryl methyl sites for hydroxylation is 1. The largest absolute Gasteiger partial charge is 0.497 e. The Morgan fingerprint density at radius 2 is 1.81 bits per heavy atom. The van der Waals surface area contributed by atoms with Gasteiger partial charge < -0.3 is 29.0 Å². The topological polar surface area (TPSA) is 115 Å². The molecular weight excluding hydrogens is 620 g/mol. The molecule has 0 amide bonds. The highest BCUT2D eigenvalue weighted by atomic mass is 32.2. The molecule has 10 nitrogen and oxygen atoms in total. The Labute approximate surface area is 278 Å². The third-order valence-electron chi connectivity index (χ3n) is 9.18. The van der Waals surface area contributed by atoms with E-state index in [2.05, 4.69) is 11.0 Å². The van der Waals surface area contributed by atoms with Crippen molar-refractivity contribution in [3.05, 3.63) is 83.4 Å². The maximum absolute atomic E-state index is 14.2. The summed E-state index contributed by atoms with van der Waals surface area (Å²) in [5.74, 6) is -0.313. The van der Waals surface area contributed by atoms with Crippen LogP contribution in [0, 0.1) is 12.8 Å². The van der Waals surface area contributed by atoms with Crippen molar-refractivity contribution in [3.63, 3.8) is 0 Å². The fourth-order valence-electron chi connectivity index (χ4n) is 6.49. The summed E-state index contributed by atoms with van der Waals surface area (Å²) in [5, 5.41) is 9.79. The van der Waals surface area contributed by atoms with Gasteiger partial charge in [-0.25, -0.2) is 8.42 Å². The van der Waals surface area contributed by atoms with E-state index in [0.717, 1.165) is 47.6 Å². The number of fused-ring (bicyclic) bond motifs is 1. The Kier molecular flexibility index (Phi) is 11.4. The summed E-state index contributed by atoms with van der Waals surface area (Å²) >= 11 is 0. The SMILES string of the molecule is COCCCN1CCOc2ccc(CO[C@H]3CN(S(=O)(=O)c4ccc(C)cc4)[C@@H](CC(C)C(=O)O)C[C@@H]3c3ccc(OC)cc3)cc21. The van der Waals surface area contributed by atoms with E-state index in [9.17, 15) is 18.3 Å². The molecule has 0 bridgehead atoms. The van der Waals surface area contributed by atoms with Crippen LogP contribution in [-0.4, -0.2) is 83.0 Å². The molecular formula is C36H46N2O8S. The van der Waals surface area contributed by atoms with Crippen LogP contribution in [0.1, 0.15) is 48.8 Å². The second-order valence-corrected chi connectivity index (χ2v) is 14.4. The number of piperidine rings is 1. The van der Waals surface area contributed by atoms with Crippen LogP contribution in [0.3, 0.4) is 0 Å². The summed E-state index contributed by atoms with van der Waals surface area (Å²) in [7, 11) is -0.639. The molecule has 2 heterocycles. The number of sulfonamides is 1. The molecule has 4 atom stereocenters. The van der Waals surface area contributed by atoms with E-state index in [-0.39, 0.29) is 30.4 Å². The van der Waals surface area contributed by atoms with Gasteiger partial charge in [-0.05, 0) is 73.7 Å². The predicted molar refractivity (Wildman–Crippen MR) is 180 cm³/mol. The number of hydrogen-bond donors (Lipinski definition) is 1. The molecule has 1 fully saturated rings. The number of anilines is 1. The lowest BCUT2D eigenvalue weighted by Gasteiger charge is -2.44. The number of hydrogen-bond acceptors (Lipinski definition) is 8. The summed E-state index contributed by atoms with van der Waals surface area (Å²) in [6, 6.07) is 20.0. The van der Waals surface area contributed by atoms with Crippen LogP contribution in [0.5, 0.6) is 11.5 Å². The average molecular weight is 667 g/mol. The molecule has 0 saturated carbocycles. The van der Waals surface area contributed by atoms with Crippen LogP contribution in [-0.2, 0) is 30.9 Å². The van der Waals surface area contributed by atoms with Crippen LogP contribution in [0.2, 0.25) is 0 Å². The average Bonchev–Trinajstić information content (AvgIpc) is 3.07. The quantitative estimate of drug-likeness (QED) is 0.223. The molecule has 5 rings (SSSR count). The molecule has 11 heteroatoms. The molecule has 47 heavy (non-hydrogen) atoms. The van der Waals surface area contributed by atoms with Crippen LogP contribution in [0.4, 0.5) is 5.69 Å². The number of methoxy groups -OCH3 is 2. The number of carboxylic acid groups (broad SMARTS) is 1. The zero-order chi connectivity index (χ0) is 33.6. The van der Waals surface area contributed by atoms with Gasteiger partial charge in [-0.2, -0.15) is 4.31 Å². The molecule has 0 aliphatic carbocycles. The van der Waals surface area contributed by atoms with Crippen LogP contribution >= 0.6 is 0 Å². The van der Waals surface area contributed by atoms with Crippen molar-refractivity contribution in [2.24, 2.45) is 5.92 Å². The Bertz CT molecular complexity index is 1600. The van der Waals surface area contributed by atoms with Gasteiger partial charge in [0.15, 0.2) is 0 Å². The van der Waals surface area contributed by atoms with Crippen molar-refractivity contribution in [3.8, 4) is 11.5 Å². The maximum atomic E-state index is 14.2. The lowest BCUT2D eigenvalue weighted by atomic mass is 9.81. The van der Waals surface area contributed by atoms with E-state index in [1.807, 2.05) is 43.3 Å². The Hall–Kier alpha value is -3.64. The summed E-state index contributed by atoms with van der Waals surface area (Å²) < 4.78 is 53.1. The third kappa shape index (κ3) is 8.27. The molecule has 3 aromatic carbocycles. The van der Waals surface area contributed by atoms with E-state index in [4.69, 9.17) is 18.9 Å². The van der Waals surface area contributed by atoms with Crippen molar-refractivity contribution >= 4 is 21.7 Å². The first-order valence-electron chi connectivity index (χ1n) is 16.2. The van der Waals surface area contributed by atoms with Gasteiger partial charge in [0.05, 0.1) is 42.9 Å². The van der Waals surface area contributed by atoms with Crippen LogP contribution in [0.15, 0.2) is 71.6 Å². The molecule has 254 valence electrons. The third-order valence-corrected chi connectivity index (χ3v) is 11.1. The lowest BCUT2D eigenvalue weighted by molar-refractivity contribution is -0.142. The van der Waals surface area contributed by atoms with E-state index in [1.54, 1.807) is 45.4 Å². The van der Waals surface area contributed by atoms with Gasteiger partial charge in [0.2, 0.25) is 10.0 Å². The second kappa shape index (κ2) is 15.5. The Morgan fingerprint density at radius 3 is 2.49 bits per heavy atom. The highest BCUT2D eigenvalue weighted by Crippen LogP contribution is 2.40. The first kappa shape index (κ1) is 34.7. The summed E-state index contributed by atoms with van der Waals surface area (Å²) in [6.07, 6.45) is 0.995. The molecule has 3 aromatic rings. The van der Waals surface area contributed by atoms with E-state index >= 15 is 0 Å². The van der Waals surface area contributed by atoms with Crippen LogP contribution < -0.4 is 14.4 Å². The van der Waals surface area contributed by atoms with E-state index in [1.165, 1.54) is 4.31 Å². The Balaban J connectivity index is 1.46. The zero-order valence-electron chi connectivity index (χ0n) is 27.6. The van der Waals surface area contributed by atoms with Gasteiger partial charge in [0, 0.05) is 38.8 Å².